The molecule has 5 nitrogen and oxygen atoms in total. The summed E-state index contributed by atoms with van der Waals surface area (Å²) in [5, 5.41) is 2.61. The molecule has 0 radical (unpaired) electrons. The Kier molecular flexibility index (Phi) is 5.60. The molecule has 2 aromatic rings. The number of fused-ring (bicyclic) bond motifs is 1. The van der Waals surface area contributed by atoms with Crippen LogP contribution in [0.3, 0.4) is 0 Å². The van der Waals surface area contributed by atoms with Crippen molar-refractivity contribution in [1.82, 2.24) is 4.90 Å². The van der Waals surface area contributed by atoms with Gasteiger partial charge in [0.25, 0.3) is 0 Å². The Balaban J connectivity index is 1.71. The van der Waals surface area contributed by atoms with Gasteiger partial charge < -0.3 is 14.8 Å². The molecule has 1 amide bonds. The average Bonchev–Trinajstić information content (AvgIpc) is 2.66. The molecular weight excluding hydrogens is 354 g/mol. The number of amides is 1. The first-order valence-corrected chi connectivity index (χ1v) is 8.66. The van der Waals surface area contributed by atoms with Gasteiger partial charge in [0.1, 0.15) is 0 Å². The monoisotopic (exact) mass is 376 g/mol. The van der Waals surface area contributed by atoms with E-state index in [1.807, 2.05) is 24.0 Å². The maximum Gasteiger partial charge on any atom is 0.238 e. The first kappa shape index (κ1) is 19.1. The van der Waals surface area contributed by atoms with E-state index in [0.717, 1.165) is 29.7 Å². The average molecular weight is 376 g/mol. The molecule has 0 aliphatic carbocycles. The van der Waals surface area contributed by atoms with Crippen LogP contribution in [0.4, 0.5) is 14.5 Å². The molecule has 0 unspecified atom stereocenters. The van der Waals surface area contributed by atoms with Crippen molar-refractivity contribution < 1.29 is 23.0 Å². The van der Waals surface area contributed by atoms with Gasteiger partial charge in [-0.25, -0.2) is 8.78 Å². The molecule has 0 aromatic heterocycles. The van der Waals surface area contributed by atoms with E-state index in [1.54, 1.807) is 14.2 Å². The Morgan fingerprint density at radius 2 is 1.85 bits per heavy atom. The molecule has 1 heterocycles. The van der Waals surface area contributed by atoms with Crippen LogP contribution in [0.5, 0.6) is 11.5 Å². The molecule has 1 atom stereocenters. The summed E-state index contributed by atoms with van der Waals surface area (Å²) in [6, 6.07) is 7.22. The van der Waals surface area contributed by atoms with Gasteiger partial charge in [-0.1, -0.05) is 0 Å². The van der Waals surface area contributed by atoms with Gasteiger partial charge in [-0.05, 0) is 48.7 Å². The van der Waals surface area contributed by atoms with E-state index < -0.39 is 11.6 Å². The van der Waals surface area contributed by atoms with Gasteiger partial charge in [-0.15, -0.1) is 0 Å². The number of hydrogen-bond acceptors (Lipinski definition) is 4. The van der Waals surface area contributed by atoms with E-state index >= 15 is 0 Å². The Hall–Kier alpha value is -2.67. The molecule has 144 valence electrons. The van der Waals surface area contributed by atoms with E-state index in [-0.39, 0.29) is 24.2 Å². The molecule has 7 heteroatoms. The van der Waals surface area contributed by atoms with Crippen molar-refractivity contribution in [3.63, 3.8) is 0 Å². The number of methoxy groups -OCH3 is 2. The largest absolute Gasteiger partial charge is 0.493 e. The number of nitrogens with one attached hydrogen (secondary N) is 1. The maximum absolute atomic E-state index is 13.3. The molecule has 0 saturated carbocycles. The van der Waals surface area contributed by atoms with Crippen molar-refractivity contribution in [3.05, 3.63) is 53.1 Å². The lowest BCUT2D eigenvalue weighted by molar-refractivity contribution is -0.117. The summed E-state index contributed by atoms with van der Waals surface area (Å²) in [7, 11) is 3.19. The zero-order valence-electron chi connectivity index (χ0n) is 15.5. The minimum absolute atomic E-state index is 0.00394. The lowest BCUT2D eigenvalue weighted by Gasteiger charge is -2.35. The molecule has 1 N–H and O–H groups in total. The van der Waals surface area contributed by atoms with Crippen molar-refractivity contribution in [2.45, 2.75) is 19.4 Å². The smallest absolute Gasteiger partial charge is 0.238 e. The molecule has 2 aromatic carbocycles. The summed E-state index contributed by atoms with van der Waals surface area (Å²) in [6.07, 6.45) is 0.776. The second-order valence-corrected chi connectivity index (χ2v) is 6.48. The van der Waals surface area contributed by atoms with Crippen LogP contribution in [-0.4, -0.2) is 38.1 Å². The highest BCUT2D eigenvalue weighted by molar-refractivity contribution is 5.92. The fraction of sp³-hybridized carbons (Fsp3) is 0.350. The molecule has 0 fully saturated rings. The predicted octanol–water partition coefficient (Wildman–Crippen LogP) is 3.54. The third kappa shape index (κ3) is 4.03. The van der Waals surface area contributed by atoms with E-state index in [2.05, 4.69) is 5.32 Å². The second kappa shape index (κ2) is 7.92. The third-order valence-corrected chi connectivity index (χ3v) is 4.86. The van der Waals surface area contributed by atoms with E-state index in [4.69, 9.17) is 9.47 Å². The van der Waals surface area contributed by atoms with E-state index in [9.17, 15) is 13.6 Å². The second-order valence-electron chi connectivity index (χ2n) is 6.48. The number of halogens is 2. The molecule has 1 aliphatic heterocycles. The normalized spacial score (nSPS) is 16.6. The Bertz CT molecular complexity index is 857. The Morgan fingerprint density at radius 3 is 2.52 bits per heavy atom. The minimum atomic E-state index is -0.992. The summed E-state index contributed by atoms with van der Waals surface area (Å²) in [4.78, 5) is 14.4. The van der Waals surface area contributed by atoms with Gasteiger partial charge >= 0.3 is 0 Å². The summed E-state index contributed by atoms with van der Waals surface area (Å²) in [5.41, 5.74) is 2.48. The molecule has 0 saturated heterocycles. The number of ether oxygens (including phenoxy) is 2. The van der Waals surface area contributed by atoms with E-state index in [0.29, 0.717) is 18.0 Å². The van der Waals surface area contributed by atoms with Crippen molar-refractivity contribution in [1.29, 1.82) is 0 Å². The predicted molar refractivity (Wildman–Crippen MR) is 98.2 cm³/mol. The van der Waals surface area contributed by atoms with Crippen molar-refractivity contribution in [3.8, 4) is 11.5 Å². The number of hydrogen-bond donors (Lipinski definition) is 1. The third-order valence-electron chi connectivity index (χ3n) is 4.86. The van der Waals surface area contributed by atoms with Gasteiger partial charge in [-0.2, -0.15) is 0 Å². The van der Waals surface area contributed by atoms with Crippen LogP contribution in [0.25, 0.3) is 0 Å². The standard InChI is InChI=1S/C20H22F2N2O3/c1-12-15-10-19(27-3)18(26-2)8-13(15)6-7-24(12)11-20(25)23-14-4-5-16(21)17(22)9-14/h4-5,8-10,12H,6-7,11H2,1-3H3,(H,23,25)/t12-/m1/s1. The topological polar surface area (TPSA) is 50.8 Å². The number of anilines is 1. The summed E-state index contributed by atoms with van der Waals surface area (Å²) in [6.45, 7) is 2.87. The maximum atomic E-state index is 13.3. The zero-order valence-corrected chi connectivity index (χ0v) is 15.5. The molecule has 0 bridgehead atoms. The van der Waals surface area contributed by atoms with Crippen LogP contribution in [0, 0.1) is 11.6 Å². The molecule has 3 rings (SSSR count). The van der Waals surface area contributed by atoms with E-state index in [1.165, 1.54) is 6.07 Å². The SMILES string of the molecule is COc1cc2c(cc1OC)[C@@H](C)N(CC(=O)Nc1ccc(F)c(F)c1)CC2. The van der Waals surface area contributed by atoms with Gasteiger partial charge in [0, 0.05) is 24.3 Å². The van der Waals surface area contributed by atoms with Crippen LogP contribution >= 0.6 is 0 Å². The summed E-state index contributed by atoms with van der Waals surface area (Å²) in [5.74, 6) is -0.881. The van der Waals surface area contributed by atoms with Crippen LogP contribution in [-0.2, 0) is 11.2 Å². The molecule has 0 spiro atoms. The fourth-order valence-electron chi connectivity index (χ4n) is 3.37. The summed E-state index contributed by atoms with van der Waals surface area (Å²) < 4.78 is 37.0. The van der Waals surface area contributed by atoms with Gasteiger partial charge in [0.05, 0.1) is 20.8 Å². The molecular formula is C20H22F2N2O3. The molecule has 27 heavy (non-hydrogen) atoms. The Labute approximate surface area is 156 Å². The van der Waals surface area contributed by atoms with Crippen LogP contribution < -0.4 is 14.8 Å². The quantitative estimate of drug-likeness (QED) is 0.867. The first-order chi connectivity index (χ1) is 12.9. The summed E-state index contributed by atoms with van der Waals surface area (Å²) >= 11 is 0. The van der Waals surface area contributed by atoms with Crippen LogP contribution in [0.2, 0.25) is 0 Å². The first-order valence-electron chi connectivity index (χ1n) is 8.66. The van der Waals surface area contributed by atoms with Crippen LogP contribution in [0.15, 0.2) is 30.3 Å². The highest BCUT2D eigenvalue weighted by Gasteiger charge is 2.27. The van der Waals surface area contributed by atoms with Gasteiger partial charge in [-0.3, -0.25) is 9.69 Å². The number of carbonyl (C=O) groups excluding carboxylic acids is 1. The van der Waals surface area contributed by atoms with Crippen molar-refractivity contribution >= 4 is 11.6 Å². The van der Waals surface area contributed by atoms with Gasteiger partial charge in [0.2, 0.25) is 5.91 Å². The lowest BCUT2D eigenvalue weighted by Crippen LogP contribution is -2.39. The fourth-order valence-corrected chi connectivity index (χ4v) is 3.37. The van der Waals surface area contributed by atoms with Crippen molar-refractivity contribution in [2.75, 3.05) is 32.6 Å². The zero-order chi connectivity index (χ0) is 19.6. The highest BCUT2D eigenvalue weighted by Crippen LogP contribution is 2.37. The lowest BCUT2D eigenvalue weighted by atomic mass is 9.93. The van der Waals surface area contributed by atoms with Crippen molar-refractivity contribution in [2.24, 2.45) is 0 Å². The highest BCUT2D eigenvalue weighted by atomic mass is 19.2. The number of nitrogens with zero attached hydrogens (tertiary/aromatic N) is 1. The Morgan fingerprint density at radius 1 is 1.15 bits per heavy atom. The minimum Gasteiger partial charge on any atom is -0.493 e. The number of benzene rings is 2. The van der Waals surface area contributed by atoms with Gasteiger partial charge in [0.15, 0.2) is 23.1 Å². The number of rotatable bonds is 5. The molecule has 1 aliphatic rings. The van der Waals surface area contributed by atoms with Crippen LogP contribution in [0.1, 0.15) is 24.1 Å². The number of carbonyl (C=O) groups is 1.